The van der Waals surface area contributed by atoms with Crippen LogP contribution in [-0.4, -0.2) is 46.0 Å². The average molecular weight is 529 g/mol. The molecule has 3 aromatic rings. The summed E-state index contributed by atoms with van der Waals surface area (Å²) in [7, 11) is 0. The van der Waals surface area contributed by atoms with E-state index in [-0.39, 0.29) is 31.4 Å². The van der Waals surface area contributed by atoms with Gasteiger partial charge in [0.25, 0.3) is 11.8 Å². The number of nitrogens with one attached hydrogen (secondary N) is 2. The Morgan fingerprint density at radius 1 is 1.10 bits per heavy atom. The van der Waals surface area contributed by atoms with Gasteiger partial charge in [0, 0.05) is 53.6 Å². The third kappa shape index (κ3) is 6.17. The third-order valence-electron chi connectivity index (χ3n) is 6.77. The topological polar surface area (TPSA) is 145 Å². The van der Waals surface area contributed by atoms with Crippen molar-refractivity contribution in [3.63, 3.8) is 0 Å². The number of aliphatic hydroxyl groups is 2. The van der Waals surface area contributed by atoms with E-state index < -0.39 is 17.4 Å². The highest BCUT2D eigenvalue weighted by molar-refractivity contribution is 6.07. The molecule has 0 aliphatic carbocycles. The number of anilines is 3. The largest absolute Gasteiger partial charge is 0.399 e. The molecule has 39 heavy (non-hydrogen) atoms. The summed E-state index contributed by atoms with van der Waals surface area (Å²) in [5, 5.41) is 26.4. The van der Waals surface area contributed by atoms with Crippen molar-refractivity contribution < 1.29 is 24.6 Å². The number of rotatable bonds is 10. The van der Waals surface area contributed by atoms with Gasteiger partial charge >= 0.3 is 0 Å². The van der Waals surface area contributed by atoms with E-state index in [0.29, 0.717) is 34.7 Å². The van der Waals surface area contributed by atoms with Crippen molar-refractivity contribution in [1.29, 1.82) is 0 Å². The molecule has 0 saturated carbocycles. The first-order valence-corrected chi connectivity index (χ1v) is 12.7. The van der Waals surface area contributed by atoms with Crippen LogP contribution in [0.15, 0.2) is 84.9 Å². The maximum atomic E-state index is 12.9. The number of fused-ring (bicyclic) bond motifs is 1. The van der Waals surface area contributed by atoms with Crippen LogP contribution in [-0.2, 0) is 21.7 Å². The summed E-state index contributed by atoms with van der Waals surface area (Å²) in [5.41, 5.74) is 6.89. The van der Waals surface area contributed by atoms with Gasteiger partial charge in [0.05, 0.1) is 6.61 Å². The van der Waals surface area contributed by atoms with Gasteiger partial charge in [-0.2, -0.15) is 0 Å². The Morgan fingerprint density at radius 3 is 2.51 bits per heavy atom. The number of benzene rings is 3. The number of hydrogen-bond acceptors (Lipinski definition) is 6. The molecular formula is C30H32N4O5. The van der Waals surface area contributed by atoms with Crippen molar-refractivity contribution in [3.05, 3.63) is 102 Å². The fourth-order valence-electron chi connectivity index (χ4n) is 4.53. The molecule has 0 unspecified atom stereocenters. The number of amides is 3. The van der Waals surface area contributed by atoms with Gasteiger partial charge in [0.15, 0.2) is 5.60 Å². The van der Waals surface area contributed by atoms with Gasteiger partial charge in [0.1, 0.15) is 0 Å². The van der Waals surface area contributed by atoms with Gasteiger partial charge in [-0.1, -0.05) is 49.4 Å². The second-order valence-corrected chi connectivity index (χ2v) is 9.50. The van der Waals surface area contributed by atoms with Crippen LogP contribution in [0.25, 0.3) is 0 Å². The first-order valence-electron chi connectivity index (χ1n) is 12.7. The number of aliphatic hydroxyl groups excluding tert-OH is 1. The SMILES string of the molecule is C[C@@H](/C=C/CC(=O)N(CCO)Cc1ccccc1)[C@]1(O)C(=O)Nc2ccc(NC(=O)c3ccc(N)cc3)cc21. The molecule has 1 heterocycles. The van der Waals surface area contributed by atoms with Gasteiger partial charge in [-0.15, -0.1) is 0 Å². The molecule has 9 nitrogen and oxygen atoms in total. The van der Waals surface area contributed by atoms with E-state index in [4.69, 9.17) is 5.73 Å². The summed E-state index contributed by atoms with van der Waals surface area (Å²) in [6, 6.07) is 20.8. The Balaban J connectivity index is 1.46. The lowest BCUT2D eigenvalue weighted by molar-refractivity contribution is -0.137. The van der Waals surface area contributed by atoms with Gasteiger partial charge in [-0.25, -0.2) is 0 Å². The lowest BCUT2D eigenvalue weighted by atomic mass is 9.82. The van der Waals surface area contributed by atoms with Crippen LogP contribution in [0.2, 0.25) is 0 Å². The van der Waals surface area contributed by atoms with Crippen molar-refractivity contribution >= 4 is 34.8 Å². The van der Waals surface area contributed by atoms with Crippen molar-refractivity contribution in [2.24, 2.45) is 5.92 Å². The van der Waals surface area contributed by atoms with Crippen LogP contribution in [0.5, 0.6) is 0 Å². The highest BCUT2D eigenvalue weighted by atomic mass is 16.3. The van der Waals surface area contributed by atoms with E-state index in [9.17, 15) is 24.6 Å². The molecule has 0 aromatic heterocycles. The van der Waals surface area contributed by atoms with Crippen molar-refractivity contribution in [1.82, 2.24) is 4.90 Å². The predicted octanol–water partition coefficient (Wildman–Crippen LogP) is 3.26. The van der Waals surface area contributed by atoms with Gasteiger partial charge < -0.3 is 31.5 Å². The molecule has 2 atom stereocenters. The summed E-state index contributed by atoms with van der Waals surface area (Å²) < 4.78 is 0. The zero-order valence-corrected chi connectivity index (χ0v) is 21.6. The molecule has 9 heteroatoms. The molecule has 3 aromatic carbocycles. The normalized spacial score (nSPS) is 16.9. The first kappa shape index (κ1) is 27.6. The summed E-state index contributed by atoms with van der Waals surface area (Å²) >= 11 is 0. The van der Waals surface area contributed by atoms with Crippen molar-refractivity contribution in [2.75, 3.05) is 29.5 Å². The van der Waals surface area contributed by atoms with Crippen LogP contribution >= 0.6 is 0 Å². The van der Waals surface area contributed by atoms with Gasteiger partial charge in [0.2, 0.25) is 5.91 Å². The standard InChI is InChI=1S/C30H32N4O5/c1-20(6-5-9-27(36)34(16-17-35)19-21-7-3-2-4-8-21)30(39)25-18-24(14-15-26(25)33-29(30)38)32-28(37)22-10-12-23(31)13-11-22/h2-8,10-15,18,20,35,39H,9,16-17,19,31H2,1H3,(H,32,37)(H,33,38)/b6-5+/t20-,30+/m0/s1. The van der Waals surface area contributed by atoms with Crippen LogP contribution in [0, 0.1) is 5.92 Å². The fraction of sp³-hybridized carbons (Fsp3) is 0.233. The molecule has 4 rings (SSSR count). The van der Waals surface area contributed by atoms with Gasteiger partial charge in [-0.05, 0) is 48.0 Å². The molecule has 0 fully saturated rings. The van der Waals surface area contributed by atoms with Crippen LogP contribution in [0.1, 0.15) is 34.8 Å². The molecule has 0 bridgehead atoms. The Hall–Kier alpha value is -4.47. The van der Waals surface area contributed by atoms with E-state index >= 15 is 0 Å². The molecule has 3 amide bonds. The Morgan fingerprint density at radius 2 is 1.82 bits per heavy atom. The Labute approximate surface area is 227 Å². The maximum Gasteiger partial charge on any atom is 0.261 e. The van der Waals surface area contributed by atoms with E-state index in [1.807, 2.05) is 30.3 Å². The van der Waals surface area contributed by atoms with Crippen LogP contribution in [0.3, 0.4) is 0 Å². The lowest BCUT2D eigenvalue weighted by Gasteiger charge is -2.26. The average Bonchev–Trinajstić information content (AvgIpc) is 3.19. The predicted molar refractivity (Wildman–Crippen MR) is 150 cm³/mol. The highest BCUT2D eigenvalue weighted by Crippen LogP contribution is 2.43. The highest BCUT2D eigenvalue weighted by Gasteiger charge is 2.48. The zero-order valence-electron chi connectivity index (χ0n) is 21.6. The number of hydrogen-bond donors (Lipinski definition) is 5. The summed E-state index contributed by atoms with van der Waals surface area (Å²) in [4.78, 5) is 39.9. The minimum atomic E-state index is -1.90. The molecular weight excluding hydrogens is 496 g/mol. The second-order valence-electron chi connectivity index (χ2n) is 9.50. The Kier molecular flexibility index (Phi) is 8.43. The summed E-state index contributed by atoms with van der Waals surface area (Å²) in [5.74, 6) is -1.82. The number of nitrogens with zero attached hydrogens (tertiary/aromatic N) is 1. The van der Waals surface area contributed by atoms with Gasteiger partial charge in [-0.3, -0.25) is 14.4 Å². The van der Waals surface area contributed by atoms with E-state index in [2.05, 4.69) is 10.6 Å². The van der Waals surface area contributed by atoms with E-state index in [0.717, 1.165) is 5.56 Å². The second kappa shape index (κ2) is 11.9. The van der Waals surface area contributed by atoms with E-state index in [1.54, 1.807) is 66.4 Å². The molecule has 1 aliphatic rings. The molecule has 0 saturated heterocycles. The molecule has 202 valence electrons. The number of carbonyl (C=O) groups excluding carboxylic acids is 3. The lowest BCUT2D eigenvalue weighted by Crippen LogP contribution is -2.39. The zero-order chi connectivity index (χ0) is 28.0. The van der Waals surface area contributed by atoms with Crippen LogP contribution in [0.4, 0.5) is 17.1 Å². The number of nitrogen functional groups attached to an aromatic ring is 1. The fourth-order valence-corrected chi connectivity index (χ4v) is 4.53. The van der Waals surface area contributed by atoms with E-state index in [1.165, 1.54) is 0 Å². The van der Waals surface area contributed by atoms with Crippen LogP contribution < -0.4 is 16.4 Å². The molecule has 1 aliphatic heterocycles. The maximum absolute atomic E-state index is 12.9. The van der Waals surface area contributed by atoms with Crippen molar-refractivity contribution in [3.8, 4) is 0 Å². The first-order chi connectivity index (χ1) is 18.7. The smallest absolute Gasteiger partial charge is 0.261 e. The monoisotopic (exact) mass is 528 g/mol. The Bertz CT molecular complexity index is 1370. The van der Waals surface area contributed by atoms with Crippen molar-refractivity contribution in [2.45, 2.75) is 25.5 Å². The number of nitrogens with two attached hydrogens (primary N) is 1. The summed E-state index contributed by atoms with van der Waals surface area (Å²) in [6.45, 7) is 2.09. The number of carbonyl (C=O) groups is 3. The molecule has 6 N–H and O–H groups in total. The minimum Gasteiger partial charge on any atom is -0.399 e. The molecule has 0 spiro atoms. The quantitative estimate of drug-likeness (QED) is 0.202. The third-order valence-corrected chi connectivity index (χ3v) is 6.77. The molecule has 0 radical (unpaired) electrons. The summed E-state index contributed by atoms with van der Waals surface area (Å²) in [6.07, 6.45) is 3.30. The minimum absolute atomic E-state index is 0.0411.